The molecule has 0 unspecified atom stereocenters. The molecule has 0 saturated carbocycles. The zero-order chi connectivity index (χ0) is 33.8. The lowest BCUT2D eigenvalue weighted by Crippen LogP contribution is -2.41. The van der Waals surface area contributed by atoms with Gasteiger partial charge in [0.1, 0.15) is 17.2 Å². The summed E-state index contributed by atoms with van der Waals surface area (Å²) in [6.45, 7) is 3.84. The van der Waals surface area contributed by atoms with Crippen LogP contribution in [0, 0.1) is 5.95 Å². The van der Waals surface area contributed by atoms with E-state index in [1.807, 2.05) is 31.2 Å². The maximum atomic E-state index is 13.7. The lowest BCUT2D eigenvalue weighted by Gasteiger charge is -2.29. The number of anilines is 1. The van der Waals surface area contributed by atoms with E-state index < -0.39 is 23.1 Å². The van der Waals surface area contributed by atoms with Gasteiger partial charge in [0.2, 0.25) is 5.95 Å². The quantitative estimate of drug-likeness (QED) is 0.202. The molecule has 0 saturated heterocycles. The minimum absolute atomic E-state index is 0.0411. The number of pyridine rings is 2. The van der Waals surface area contributed by atoms with Crippen LogP contribution in [0.5, 0.6) is 0 Å². The number of rotatable bonds is 12. The van der Waals surface area contributed by atoms with Crippen molar-refractivity contribution < 1.29 is 18.7 Å². The third kappa shape index (κ3) is 6.38. The van der Waals surface area contributed by atoms with Crippen LogP contribution >= 0.6 is 0 Å². The molecule has 0 radical (unpaired) electrons. The number of aromatic amines is 1. The Morgan fingerprint density at radius 3 is 2.56 bits per heavy atom. The molecule has 14 heteroatoms. The smallest absolute Gasteiger partial charge is 0.332 e. The predicted octanol–water partition coefficient (Wildman–Crippen LogP) is 3.27. The van der Waals surface area contributed by atoms with Crippen molar-refractivity contribution in [3.63, 3.8) is 0 Å². The van der Waals surface area contributed by atoms with Crippen LogP contribution in [0.1, 0.15) is 46.0 Å². The van der Waals surface area contributed by atoms with Crippen LogP contribution in [0.15, 0.2) is 70.5 Å². The number of benzene rings is 1. The standard InChI is InChI=1S/C34H35FN8O5/c1-3-14-42-30-28(33(46)43(34(42)47)18-19-48-2)38-29(39-30)23-10-12-27(37-20-23)41(31(44)24-9-11-26(35)36-21-24)16-6-15-40-17-13-22-7-4-5-8-25(22)32(40)45/h4-5,7-12,20-21H,3,6,13-19H2,1-2H3,(H,38,39). The van der Waals surface area contributed by atoms with Crippen molar-refractivity contribution in [2.75, 3.05) is 38.3 Å². The fourth-order valence-corrected chi connectivity index (χ4v) is 5.88. The number of imidazole rings is 1. The Balaban J connectivity index is 1.27. The molecule has 0 fully saturated rings. The molecule has 6 rings (SSSR count). The van der Waals surface area contributed by atoms with E-state index >= 15 is 0 Å². The van der Waals surface area contributed by atoms with Gasteiger partial charge in [-0.25, -0.2) is 19.7 Å². The van der Waals surface area contributed by atoms with Gasteiger partial charge in [0.25, 0.3) is 17.4 Å². The highest BCUT2D eigenvalue weighted by Gasteiger charge is 2.25. The fraction of sp³-hybridized carbons (Fsp3) is 0.324. The summed E-state index contributed by atoms with van der Waals surface area (Å²) < 4.78 is 21.3. The first-order chi connectivity index (χ1) is 23.3. The fourth-order valence-electron chi connectivity index (χ4n) is 5.88. The molecule has 2 amide bonds. The third-order valence-electron chi connectivity index (χ3n) is 8.34. The molecular formula is C34H35FN8O5. The SMILES string of the molecule is CCCn1c(=O)n(CCOC)c(=O)c2[nH]c(-c3ccc(N(CCCN4CCc5ccccc5C4=O)C(=O)c4ccc(F)nc4)nc3)nc21. The predicted molar refractivity (Wildman–Crippen MR) is 177 cm³/mol. The number of H-pyrrole nitrogens is 1. The van der Waals surface area contributed by atoms with Gasteiger partial charge in [-0.2, -0.15) is 4.39 Å². The zero-order valence-corrected chi connectivity index (χ0v) is 26.7. The second kappa shape index (κ2) is 14.1. The molecule has 0 aliphatic carbocycles. The number of amides is 2. The van der Waals surface area contributed by atoms with Gasteiger partial charge < -0.3 is 14.6 Å². The van der Waals surface area contributed by atoms with E-state index in [4.69, 9.17) is 4.74 Å². The van der Waals surface area contributed by atoms with Gasteiger partial charge in [-0.05, 0) is 55.2 Å². The van der Waals surface area contributed by atoms with Gasteiger partial charge in [0.05, 0.1) is 18.7 Å². The summed E-state index contributed by atoms with van der Waals surface area (Å²) >= 11 is 0. The van der Waals surface area contributed by atoms with Crippen LogP contribution in [-0.4, -0.2) is 79.1 Å². The largest absolute Gasteiger partial charge is 0.383 e. The van der Waals surface area contributed by atoms with Crippen LogP contribution in [0.4, 0.5) is 10.2 Å². The van der Waals surface area contributed by atoms with Crippen molar-refractivity contribution in [3.8, 4) is 11.4 Å². The zero-order valence-electron chi connectivity index (χ0n) is 26.7. The van der Waals surface area contributed by atoms with E-state index in [2.05, 4.69) is 19.9 Å². The molecule has 1 aliphatic heterocycles. The summed E-state index contributed by atoms with van der Waals surface area (Å²) in [7, 11) is 1.50. The molecule has 4 aromatic heterocycles. The summed E-state index contributed by atoms with van der Waals surface area (Å²) in [4.78, 5) is 72.2. The van der Waals surface area contributed by atoms with E-state index in [1.54, 1.807) is 17.0 Å². The normalized spacial score (nSPS) is 12.8. The van der Waals surface area contributed by atoms with E-state index in [-0.39, 0.29) is 42.3 Å². The number of halogens is 1. The van der Waals surface area contributed by atoms with Crippen LogP contribution < -0.4 is 16.1 Å². The maximum Gasteiger partial charge on any atom is 0.332 e. The van der Waals surface area contributed by atoms with Crippen LogP contribution in [0.25, 0.3) is 22.6 Å². The number of hydrogen-bond donors (Lipinski definition) is 1. The van der Waals surface area contributed by atoms with Gasteiger partial charge in [0.15, 0.2) is 5.65 Å². The minimum atomic E-state index is -0.704. The first-order valence-corrected chi connectivity index (χ1v) is 15.8. The van der Waals surface area contributed by atoms with Gasteiger partial charge in [0, 0.05) is 56.8 Å². The molecule has 1 aromatic carbocycles. The van der Waals surface area contributed by atoms with Crippen LogP contribution in [-0.2, 0) is 24.2 Å². The highest BCUT2D eigenvalue weighted by molar-refractivity contribution is 6.05. The summed E-state index contributed by atoms with van der Waals surface area (Å²) in [5.74, 6) is -0.517. The Kier molecular flexibility index (Phi) is 9.52. The highest BCUT2D eigenvalue weighted by Crippen LogP contribution is 2.23. The van der Waals surface area contributed by atoms with Gasteiger partial charge >= 0.3 is 5.69 Å². The molecule has 0 spiro atoms. The third-order valence-corrected chi connectivity index (χ3v) is 8.34. The van der Waals surface area contributed by atoms with Crippen molar-refractivity contribution in [1.82, 2.24) is 34.0 Å². The summed E-state index contributed by atoms with van der Waals surface area (Å²) in [5, 5.41) is 0. The minimum Gasteiger partial charge on any atom is -0.383 e. The van der Waals surface area contributed by atoms with E-state index in [9.17, 15) is 23.6 Å². The molecule has 5 aromatic rings. The number of carbonyl (C=O) groups is 2. The summed E-state index contributed by atoms with van der Waals surface area (Å²) in [5.41, 5.74) is 1.91. The molecule has 5 heterocycles. The van der Waals surface area contributed by atoms with Crippen molar-refractivity contribution in [1.29, 1.82) is 0 Å². The van der Waals surface area contributed by atoms with Crippen LogP contribution in [0.3, 0.4) is 0 Å². The van der Waals surface area contributed by atoms with Crippen molar-refractivity contribution in [2.24, 2.45) is 0 Å². The van der Waals surface area contributed by atoms with Gasteiger partial charge in [-0.1, -0.05) is 25.1 Å². The molecule has 1 aliphatic rings. The molecule has 1 N–H and O–H groups in total. The molecule has 13 nitrogen and oxygen atoms in total. The number of nitrogens with one attached hydrogen (secondary N) is 1. The lowest BCUT2D eigenvalue weighted by molar-refractivity contribution is 0.0738. The number of fused-ring (bicyclic) bond motifs is 2. The molecule has 0 atom stereocenters. The number of nitrogens with zero attached hydrogens (tertiary/aromatic N) is 7. The maximum absolute atomic E-state index is 13.7. The second-order valence-corrected chi connectivity index (χ2v) is 11.5. The Hall–Kier alpha value is -5.50. The second-order valence-electron chi connectivity index (χ2n) is 11.5. The number of hydrogen-bond acceptors (Lipinski definition) is 8. The summed E-state index contributed by atoms with van der Waals surface area (Å²) in [6.07, 6.45) is 4.57. The Morgan fingerprint density at radius 1 is 1.00 bits per heavy atom. The van der Waals surface area contributed by atoms with E-state index in [0.717, 1.165) is 22.6 Å². The monoisotopic (exact) mass is 654 g/mol. The average Bonchev–Trinajstić information content (AvgIpc) is 3.55. The lowest BCUT2D eigenvalue weighted by atomic mass is 9.99. The molecule has 0 bridgehead atoms. The molecule has 48 heavy (non-hydrogen) atoms. The number of aryl methyl sites for hydroxylation is 1. The number of aromatic nitrogens is 6. The Bertz CT molecular complexity index is 2070. The van der Waals surface area contributed by atoms with Crippen molar-refractivity contribution >= 4 is 28.8 Å². The molecular weight excluding hydrogens is 619 g/mol. The van der Waals surface area contributed by atoms with Gasteiger partial charge in [-0.15, -0.1) is 0 Å². The Morgan fingerprint density at radius 2 is 1.83 bits per heavy atom. The summed E-state index contributed by atoms with van der Waals surface area (Å²) in [6, 6.07) is 13.4. The number of methoxy groups -OCH3 is 1. The van der Waals surface area contributed by atoms with Gasteiger partial charge in [-0.3, -0.25) is 28.4 Å². The highest BCUT2D eigenvalue weighted by atomic mass is 19.1. The topological polar surface area (TPSA) is 148 Å². The van der Waals surface area contributed by atoms with Crippen LogP contribution in [0.2, 0.25) is 0 Å². The number of carbonyl (C=O) groups excluding carboxylic acids is 2. The van der Waals surface area contributed by atoms with E-state index in [1.165, 1.54) is 35.0 Å². The first kappa shape index (κ1) is 32.4. The number of ether oxygens (including phenoxy) is 1. The van der Waals surface area contributed by atoms with Crippen molar-refractivity contribution in [2.45, 2.75) is 39.3 Å². The average molecular weight is 655 g/mol. The molecule has 248 valence electrons. The van der Waals surface area contributed by atoms with E-state index in [0.29, 0.717) is 55.2 Å². The Labute approximate surface area is 274 Å². The first-order valence-electron chi connectivity index (χ1n) is 15.8. The van der Waals surface area contributed by atoms with Crippen molar-refractivity contribution in [3.05, 3.63) is 104 Å².